The van der Waals surface area contributed by atoms with E-state index in [1.807, 2.05) is 18.2 Å². The number of carbonyl (C=O) groups is 2. The molecule has 1 aromatic rings. The number of phenols is 1. The molecule has 1 rings (SSSR count). The van der Waals surface area contributed by atoms with Gasteiger partial charge in [0.05, 0.1) is 0 Å². The smallest absolute Gasteiger partial charge is 0.328 e. The predicted molar refractivity (Wildman–Crippen MR) is 80.7 cm³/mol. The third kappa shape index (κ3) is 7.15. The number of para-hydroxylation sites is 1. The van der Waals surface area contributed by atoms with Crippen molar-refractivity contribution in [1.29, 1.82) is 0 Å². The van der Waals surface area contributed by atoms with E-state index in [4.69, 9.17) is 10.2 Å². The molecule has 0 saturated carbocycles. The number of hydrogen-bond acceptors (Lipinski definition) is 3. The Morgan fingerprint density at radius 1 is 0.905 bits per heavy atom. The Labute approximate surface area is 124 Å². The van der Waals surface area contributed by atoms with E-state index in [9.17, 15) is 14.7 Å². The van der Waals surface area contributed by atoms with Gasteiger partial charge in [-0.3, -0.25) is 0 Å². The van der Waals surface area contributed by atoms with Crippen LogP contribution < -0.4 is 0 Å². The number of phenolic OH excluding ortho intramolecular Hbond substituents is 1. The molecular weight excluding hydrogens is 272 g/mol. The Balaban J connectivity index is 0.000000433. The SMILES string of the molecule is CC(C)c1cccc(C(C)C)c1O.O=C(O)/C=C/C(=O)O. The first-order valence-corrected chi connectivity index (χ1v) is 6.62. The lowest BCUT2D eigenvalue weighted by atomic mass is 9.94. The number of benzene rings is 1. The van der Waals surface area contributed by atoms with Crippen LogP contribution in [0.3, 0.4) is 0 Å². The Morgan fingerprint density at radius 3 is 1.48 bits per heavy atom. The second kappa shape index (κ2) is 8.79. The lowest BCUT2D eigenvalue weighted by molar-refractivity contribution is -0.134. The Morgan fingerprint density at radius 2 is 1.24 bits per heavy atom. The van der Waals surface area contributed by atoms with E-state index in [2.05, 4.69) is 27.7 Å². The van der Waals surface area contributed by atoms with Crippen LogP contribution in [-0.4, -0.2) is 27.3 Å². The maximum atomic E-state index is 9.93. The second-order valence-corrected chi connectivity index (χ2v) is 5.10. The summed E-state index contributed by atoms with van der Waals surface area (Å²) in [7, 11) is 0. The van der Waals surface area contributed by atoms with Crippen molar-refractivity contribution in [2.24, 2.45) is 0 Å². The Hall–Kier alpha value is -2.30. The highest BCUT2D eigenvalue weighted by Crippen LogP contribution is 2.32. The van der Waals surface area contributed by atoms with E-state index >= 15 is 0 Å². The van der Waals surface area contributed by atoms with Gasteiger partial charge < -0.3 is 15.3 Å². The molecular formula is C16H22O5. The second-order valence-electron chi connectivity index (χ2n) is 5.10. The molecule has 0 unspecified atom stereocenters. The van der Waals surface area contributed by atoms with Crippen molar-refractivity contribution >= 4 is 11.9 Å². The lowest BCUT2D eigenvalue weighted by Crippen LogP contribution is -1.94. The van der Waals surface area contributed by atoms with Gasteiger partial charge in [-0.1, -0.05) is 45.9 Å². The van der Waals surface area contributed by atoms with Crippen molar-refractivity contribution in [2.75, 3.05) is 0 Å². The maximum Gasteiger partial charge on any atom is 0.328 e. The summed E-state index contributed by atoms with van der Waals surface area (Å²) in [5, 5.41) is 25.6. The van der Waals surface area contributed by atoms with Crippen molar-refractivity contribution in [3.8, 4) is 5.75 Å². The van der Waals surface area contributed by atoms with E-state index in [0.717, 1.165) is 11.1 Å². The van der Waals surface area contributed by atoms with E-state index in [1.54, 1.807) is 0 Å². The Kier molecular flexibility index (Phi) is 7.83. The summed E-state index contributed by atoms with van der Waals surface area (Å²) >= 11 is 0. The molecule has 1 aromatic carbocycles. The fourth-order valence-electron chi connectivity index (χ4n) is 1.65. The van der Waals surface area contributed by atoms with Crippen LogP contribution in [-0.2, 0) is 9.59 Å². The van der Waals surface area contributed by atoms with Crippen molar-refractivity contribution in [3.05, 3.63) is 41.5 Å². The predicted octanol–water partition coefficient (Wildman–Crippen LogP) is 3.35. The van der Waals surface area contributed by atoms with E-state index in [0.29, 0.717) is 29.7 Å². The molecule has 0 atom stereocenters. The molecule has 116 valence electrons. The summed E-state index contributed by atoms with van der Waals surface area (Å²) < 4.78 is 0. The molecule has 5 nitrogen and oxygen atoms in total. The molecule has 0 aliphatic rings. The van der Waals surface area contributed by atoms with Crippen LogP contribution in [0, 0.1) is 0 Å². The van der Waals surface area contributed by atoms with Gasteiger partial charge in [-0.2, -0.15) is 0 Å². The molecule has 5 heteroatoms. The zero-order valence-corrected chi connectivity index (χ0v) is 12.7. The van der Waals surface area contributed by atoms with Gasteiger partial charge in [-0.25, -0.2) is 9.59 Å². The van der Waals surface area contributed by atoms with Gasteiger partial charge in [0.2, 0.25) is 0 Å². The minimum Gasteiger partial charge on any atom is -0.507 e. The average Bonchev–Trinajstić information content (AvgIpc) is 2.36. The molecule has 0 bridgehead atoms. The molecule has 0 spiro atoms. The molecule has 0 amide bonds. The number of carboxylic acids is 2. The molecule has 0 saturated heterocycles. The van der Waals surface area contributed by atoms with Crippen molar-refractivity contribution in [1.82, 2.24) is 0 Å². The number of rotatable bonds is 4. The first kappa shape index (κ1) is 18.7. The van der Waals surface area contributed by atoms with Gasteiger partial charge in [0.25, 0.3) is 0 Å². The van der Waals surface area contributed by atoms with Gasteiger partial charge in [0.1, 0.15) is 5.75 Å². The van der Waals surface area contributed by atoms with Gasteiger partial charge in [0, 0.05) is 12.2 Å². The Bertz CT molecular complexity index is 473. The van der Waals surface area contributed by atoms with Gasteiger partial charge in [0.15, 0.2) is 0 Å². The fourth-order valence-corrected chi connectivity index (χ4v) is 1.65. The van der Waals surface area contributed by atoms with Gasteiger partial charge in [-0.05, 0) is 23.0 Å². The maximum absolute atomic E-state index is 9.93. The van der Waals surface area contributed by atoms with Crippen molar-refractivity contribution in [3.63, 3.8) is 0 Å². The zero-order valence-electron chi connectivity index (χ0n) is 12.7. The van der Waals surface area contributed by atoms with E-state index < -0.39 is 11.9 Å². The highest BCUT2D eigenvalue weighted by Gasteiger charge is 2.11. The molecule has 0 aliphatic carbocycles. The largest absolute Gasteiger partial charge is 0.507 e. The van der Waals surface area contributed by atoms with Crippen LogP contribution in [0.2, 0.25) is 0 Å². The van der Waals surface area contributed by atoms with Crippen LogP contribution in [0.15, 0.2) is 30.4 Å². The van der Waals surface area contributed by atoms with Crippen LogP contribution in [0.5, 0.6) is 5.75 Å². The zero-order chi connectivity index (χ0) is 16.6. The quantitative estimate of drug-likeness (QED) is 0.740. The normalized spacial score (nSPS) is 10.6. The standard InChI is InChI=1S/C12H18O.C4H4O4/c1-8(2)10-6-5-7-11(9(3)4)12(10)13;5-3(6)1-2-4(7)8/h5-9,13H,1-4H3;1-2H,(H,5,6)(H,7,8)/b;2-1+. The highest BCUT2D eigenvalue weighted by molar-refractivity contribution is 5.89. The number of aromatic hydroxyl groups is 1. The highest BCUT2D eigenvalue weighted by atomic mass is 16.4. The summed E-state index contributed by atoms with van der Waals surface area (Å²) in [6, 6.07) is 6.00. The van der Waals surface area contributed by atoms with Gasteiger partial charge in [-0.15, -0.1) is 0 Å². The van der Waals surface area contributed by atoms with Crippen LogP contribution in [0.25, 0.3) is 0 Å². The van der Waals surface area contributed by atoms with Crippen LogP contribution in [0.1, 0.15) is 50.7 Å². The summed E-state index contributed by atoms with van der Waals surface area (Å²) in [5.41, 5.74) is 2.09. The summed E-state index contributed by atoms with van der Waals surface area (Å²) in [6.07, 6.45) is 1.12. The minimum atomic E-state index is -1.26. The third-order valence-electron chi connectivity index (χ3n) is 2.71. The van der Waals surface area contributed by atoms with Gasteiger partial charge >= 0.3 is 11.9 Å². The summed E-state index contributed by atoms with van der Waals surface area (Å²) in [5.74, 6) is -1.26. The molecule has 0 heterocycles. The third-order valence-corrected chi connectivity index (χ3v) is 2.71. The minimum absolute atomic E-state index is 0.388. The monoisotopic (exact) mass is 294 g/mol. The molecule has 0 fully saturated rings. The summed E-state index contributed by atoms with van der Waals surface area (Å²) in [6.45, 7) is 8.39. The summed E-state index contributed by atoms with van der Waals surface area (Å²) in [4.78, 5) is 19.1. The molecule has 0 aromatic heterocycles. The number of aliphatic carboxylic acids is 2. The molecule has 3 N–H and O–H groups in total. The van der Waals surface area contributed by atoms with Crippen LogP contribution in [0.4, 0.5) is 0 Å². The lowest BCUT2D eigenvalue weighted by Gasteiger charge is -2.14. The molecule has 0 aliphatic heterocycles. The first-order chi connectivity index (χ1) is 9.66. The fraction of sp³-hybridized carbons (Fsp3) is 0.375. The van der Waals surface area contributed by atoms with Crippen LogP contribution >= 0.6 is 0 Å². The van der Waals surface area contributed by atoms with Crippen molar-refractivity contribution in [2.45, 2.75) is 39.5 Å². The molecule has 21 heavy (non-hydrogen) atoms. The molecule has 0 radical (unpaired) electrons. The number of carboxylic acid groups (broad SMARTS) is 2. The average molecular weight is 294 g/mol. The van der Waals surface area contributed by atoms with Crippen molar-refractivity contribution < 1.29 is 24.9 Å². The van der Waals surface area contributed by atoms with E-state index in [-0.39, 0.29) is 0 Å². The van der Waals surface area contributed by atoms with E-state index in [1.165, 1.54) is 0 Å². The first-order valence-electron chi connectivity index (χ1n) is 6.62. The number of hydrogen-bond donors (Lipinski definition) is 3. The topological polar surface area (TPSA) is 94.8 Å².